The van der Waals surface area contributed by atoms with E-state index in [1.165, 1.54) is 12.7 Å². The molecule has 1 aromatic heterocycles. The maximum atomic E-state index is 5.13. The van der Waals surface area contributed by atoms with Crippen LogP contribution in [0.25, 0.3) is 11.4 Å². The van der Waals surface area contributed by atoms with E-state index in [2.05, 4.69) is 15.0 Å². The molecule has 0 aliphatic carbocycles. The Morgan fingerprint density at radius 3 is 2.62 bits per heavy atom. The van der Waals surface area contributed by atoms with Crippen LogP contribution in [0.3, 0.4) is 0 Å². The third kappa shape index (κ3) is 1.03. The Kier molecular flexibility index (Phi) is 1.14. The Balaban J connectivity index is 2.11. The van der Waals surface area contributed by atoms with E-state index < -0.39 is 0 Å². The van der Waals surface area contributed by atoms with E-state index in [4.69, 9.17) is 4.74 Å². The van der Waals surface area contributed by atoms with Crippen LogP contribution in [0.5, 0.6) is 11.5 Å². The van der Waals surface area contributed by atoms with Gasteiger partial charge in [-0.05, 0) is 18.2 Å². The van der Waals surface area contributed by atoms with Crippen molar-refractivity contribution in [3.8, 4) is 22.9 Å². The lowest BCUT2D eigenvalue weighted by atomic mass is 10.2. The SMILES string of the molecule is c1ncnc(-c2ccc3c(c2)O3)n1. The van der Waals surface area contributed by atoms with Gasteiger partial charge in [-0.15, -0.1) is 0 Å². The highest BCUT2D eigenvalue weighted by molar-refractivity contribution is 5.66. The molecule has 1 aliphatic rings. The van der Waals surface area contributed by atoms with Gasteiger partial charge < -0.3 is 4.74 Å². The molecule has 4 nitrogen and oxygen atoms in total. The summed E-state index contributed by atoms with van der Waals surface area (Å²) in [6.07, 6.45) is 2.96. The lowest BCUT2D eigenvalue weighted by molar-refractivity contribution is 0.650. The minimum absolute atomic E-state index is 0.674. The minimum Gasteiger partial charge on any atom is -0.449 e. The summed E-state index contributed by atoms with van der Waals surface area (Å²) in [5, 5.41) is 0. The summed E-state index contributed by atoms with van der Waals surface area (Å²) in [5.74, 6) is 2.53. The molecule has 0 spiro atoms. The zero-order chi connectivity index (χ0) is 8.67. The van der Waals surface area contributed by atoms with E-state index in [9.17, 15) is 0 Å². The molecule has 0 unspecified atom stereocenters. The molecule has 4 heteroatoms. The number of nitrogens with zero attached hydrogens (tertiary/aromatic N) is 3. The maximum absolute atomic E-state index is 5.13. The van der Waals surface area contributed by atoms with Crippen molar-refractivity contribution in [1.82, 2.24) is 15.0 Å². The van der Waals surface area contributed by atoms with E-state index in [1.807, 2.05) is 18.2 Å². The van der Waals surface area contributed by atoms with Crippen molar-refractivity contribution < 1.29 is 4.74 Å². The van der Waals surface area contributed by atoms with Crippen molar-refractivity contribution in [2.75, 3.05) is 0 Å². The summed E-state index contributed by atoms with van der Waals surface area (Å²) >= 11 is 0. The Morgan fingerprint density at radius 2 is 1.85 bits per heavy atom. The van der Waals surface area contributed by atoms with Crippen LogP contribution in [0.15, 0.2) is 30.9 Å². The van der Waals surface area contributed by atoms with Gasteiger partial charge in [-0.2, -0.15) is 0 Å². The highest BCUT2D eigenvalue weighted by atomic mass is 16.6. The second kappa shape index (κ2) is 2.26. The molecule has 0 bridgehead atoms. The van der Waals surface area contributed by atoms with Crippen LogP contribution in [0.4, 0.5) is 0 Å². The maximum Gasteiger partial charge on any atom is 0.170 e. The van der Waals surface area contributed by atoms with E-state index >= 15 is 0 Å². The van der Waals surface area contributed by atoms with Crippen molar-refractivity contribution in [2.45, 2.75) is 0 Å². The van der Waals surface area contributed by atoms with Gasteiger partial charge in [0.1, 0.15) is 12.7 Å². The molecule has 62 valence electrons. The average molecular weight is 171 g/mol. The fourth-order valence-corrected chi connectivity index (χ4v) is 1.19. The normalized spacial score (nSPS) is 11.7. The molecule has 1 aliphatic heterocycles. The third-order valence-electron chi connectivity index (χ3n) is 1.87. The van der Waals surface area contributed by atoms with Gasteiger partial charge in [0, 0.05) is 5.56 Å². The van der Waals surface area contributed by atoms with Gasteiger partial charge in [0.15, 0.2) is 17.3 Å². The molecule has 0 saturated carbocycles. The molecule has 13 heavy (non-hydrogen) atoms. The van der Waals surface area contributed by atoms with Crippen LogP contribution in [-0.4, -0.2) is 15.0 Å². The van der Waals surface area contributed by atoms with E-state index in [1.54, 1.807) is 0 Å². The number of ether oxygens (including phenoxy) is 1. The molecule has 0 amide bonds. The second-order valence-corrected chi connectivity index (χ2v) is 2.73. The fraction of sp³-hybridized carbons (Fsp3) is 0. The Hall–Kier alpha value is -1.97. The molecule has 0 atom stereocenters. The van der Waals surface area contributed by atoms with Crippen molar-refractivity contribution >= 4 is 0 Å². The lowest BCUT2D eigenvalue weighted by Gasteiger charge is -1.93. The molecule has 0 saturated heterocycles. The summed E-state index contributed by atoms with van der Waals surface area (Å²) in [7, 11) is 0. The number of hydrogen-bond donors (Lipinski definition) is 0. The standard InChI is InChI=1S/C9H5N3O/c1-2-7-8(13-7)3-6(1)9-11-4-10-5-12-9/h1-5H. The van der Waals surface area contributed by atoms with E-state index in [0.717, 1.165) is 17.1 Å². The van der Waals surface area contributed by atoms with Crippen LogP contribution in [-0.2, 0) is 0 Å². The van der Waals surface area contributed by atoms with Crippen LogP contribution in [0, 0.1) is 0 Å². The Bertz CT molecular complexity index is 456. The second-order valence-electron chi connectivity index (χ2n) is 2.73. The van der Waals surface area contributed by atoms with Gasteiger partial charge in [-0.3, -0.25) is 0 Å². The molecular weight excluding hydrogens is 166 g/mol. The van der Waals surface area contributed by atoms with Crippen LogP contribution in [0.2, 0.25) is 0 Å². The summed E-state index contributed by atoms with van der Waals surface area (Å²) in [6, 6.07) is 5.76. The van der Waals surface area contributed by atoms with Gasteiger partial charge in [0.05, 0.1) is 0 Å². The smallest absolute Gasteiger partial charge is 0.170 e. The topological polar surface area (TPSA) is 51.2 Å². The van der Waals surface area contributed by atoms with Crippen molar-refractivity contribution in [3.05, 3.63) is 30.9 Å². The number of fused-ring (bicyclic) bond motifs is 1. The van der Waals surface area contributed by atoms with E-state index in [-0.39, 0.29) is 0 Å². The number of benzene rings is 1. The predicted octanol–water partition coefficient (Wildman–Crippen LogP) is 1.64. The van der Waals surface area contributed by atoms with Crippen LogP contribution < -0.4 is 4.74 Å². The molecule has 2 aromatic rings. The molecule has 2 heterocycles. The first-order valence-corrected chi connectivity index (χ1v) is 3.88. The Labute approximate surface area is 74.3 Å². The molecule has 3 rings (SSSR count). The molecule has 0 N–H and O–H groups in total. The van der Waals surface area contributed by atoms with Gasteiger partial charge in [0.2, 0.25) is 0 Å². The highest BCUT2D eigenvalue weighted by Gasteiger charge is 2.20. The van der Waals surface area contributed by atoms with E-state index in [0.29, 0.717) is 5.82 Å². The average Bonchev–Trinajstić information content (AvgIpc) is 2.96. The first-order valence-electron chi connectivity index (χ1n) is 3.88. The largest absolute Gasteiger partial charge is 0.449 e. The van der Waals surface area contributed by atoms with Crippen molar-refractivity contribution in [2.24, 2.45) is 0 Å². The third-order valence-corrected chi connectivity index (χ3v) is 1.87. The van der Waals surface area contributed by atoms with Crippen molar-refractivity contribution in [3.63, 3.8) is 0 Å². The van der Waals surface area contributed by atoms with Gasteiger partial charge in [0.25, 0.3) is 0 Å². The van der Waals surface area contributed by atoms with Gasteiger partial charge >= 0.3 is 0 Å². The van der Waals surface area contributed by atoms with Crippen LogP contribution in [0.1, 0.15) is 0 Å². The quantitative estimate of drug-likeness (QED) is 0.522. The summed E-state index contributed by atoms with van der Waals surface area (Å²) < 4.78 is 5.13. The van der Waals surface area contributed by atoms with Crippen LogP contribution >= 0.6 is 0 Å². The highest BCUT2D eigenvalue weighted by Crippen LogP contribution is 2.46. The number of aromatic nitrogens is 3. The molecule has 1 aromatic carbocycles. The number of rotatable bonds is 1. The molecule has 0 fully saturated rings. The summed E-state index contributed by atoms with van der Waals surface area (Å²) in [4.78, 5) is 11.8. The first kappa shape index (κ1) is 6.54. The van der Waals surface area contributed by atoms with Gasteiger partial charge in [-0.1, -0.05) is 0 Å². The zero-order valence-corrected chi connectivity index (χ0v) is 6.64. The summed E-state index contributed by atoms with van der Waals surface area (Å²) in [6.45, 7) is 0. The lowest BCUT2D eigenvalue weighted by Crippen LogP contribution is -1.87. The minimum atomic E-state index is 0.674. The molecular formula is C9H5N3O. The van der Waals surface area contributed by atoms with Crippen molar-refractivity contribution in [1.29, 1.82) is 0 Å². The predicted molar refractivity (Wildman–Crippen MR) is 45.3 cm³/mol. The molecule has 0 radical (unpaired) electrons. The fourth-order valence-electron chi connectivity index (χ4n) is 1.19. The monoisotopic (exact) mass is 171 g/mol. The summed E-state index contributed by atoms with van der Waals surface area (Å²) in [5.41, 5.74) is 0.957. The first-order chi connectivity index (χ1) is 6.43. The van der Waals surface area contributed by atoms with Gasteiger partial charge in [-0.25, -0.2) is 15.0 Å². The number of hydrogen-bond acceptors (Lipinski definition) is 4. The zero-order valence-electron chi connectivity index (χ0n) is 6.64. The Morgan fingerprint density at radius 1 is 1.00 bits per heavy atom.